The highest BCUT2D eigenvalue weighted by atomic mass is 79.9. The lowest BCUT2D eigenvalue weighted by Gasteiger charge is -2.02. The molecule has 0 saturated carbocycles. The molecule has 0 bridgehead atoms. The van der Waals surface area contributed by atoms with Gasteiger partial charge in [0.15, 0.2) is 0 Å². The number of nitrogens with zero attached hydrogens (tertiary/aromatic N) is 1. The lowest BCUT2D eigenvalue weighted by atomic mass is 10.1. The fourth-order valence-corrected chi connectivity index (χ4v) is 2.04. The molecule has 0 aliphatic carbocycles. The number of aromatic amines is 1. The SMILES string of the molecule is N#Cc1c[nH]c(=O)c(Cc2cccc(Br)c2)c1. The molecule has 3 nitrogen and oxygen atoms in total. The van der Waals surface area contributed by atoms with Crippen molar-refractivity contribution in [3.63, 3.8) is 0 Å². The van der Waals surface area contributed by atoms with Crippen molar-refractivity contribution < 1.29 is 0 Å². The van der Waals surface area contributed by atoms with Crippen molar-refractivity contribution in [2.45, 2.75) is 6.42 Å². The minimum absolute atomic E-state index is 0.149. The third-order valence-electron chi connectivity index (χ3n) is 2.39. The summed E-state index contributed by atoms with van der Waals surface area (Å²) in [5.74, 6) is 0. The van der Waals surface area contributed by atoms with Gasteiger partial charge >= 0.3 is 0 Å². The summed E-state index contributed by atoms with van der Waals surface area (Å²) in [5.41, 5.74) is 1.95. The van der Waals surface area contributed by atoms with Gasteiger partial charge in [-0.25, -0.2) is 0 Å². The topological polar surface area (TPSA) is 56.6 Å². The minimum atomic E-state index is -0.149. The summed E-state index contributed by atoms with van der Waals surface area (Å²) in [7, 11) is 0. The van der Waals surface area contributed by atoms with Crippen LogP contribution in [-0.2, 0) is 6.42 Å². The number of nitriles is 1. The van der Waals surface area contributed by atoms with E-state index in [0.717, 1.165) is 10.0 Å². The number of H-pyrrole nitrogens is 1. The van der Waals surface area contributed by atoms with E-state index in [-0.39, 0.29) is 5.56 Å². The van der Waals surface area contributed by atoms with E-state index in [1.807, 2.05) is 30.3 Å². The lowest BCUT2D eigenvalue weighted by molar-refractivity contribution is 1.09. The third-order valence-corrected chi connectivity index (χ3v) is 2.89. The number of rotatable bonds is 2. The number of nitrogens with one attached hydrogen (secondary N) is 1. The van der Waals surface area contributed by atoms with Crippen LogP contribution >= 0.6 is 15.9 Å². The first-order valence-corrected chi connectivity index (χ1v) is 5.84. The van der Waals surface area contributed by atoms with Gasteiger partial charge in [-0.05, 0) is 23.8 Å². The van der Waals surface area contributed by atoms with E-state index in [9.17, 15) is 4.79 Å². The fourth-order valence-electron chi connectivity index (χ4n) is 1.59. The zero-order valence-electron chi connectivity index (χ0n) is 8.90. The molecule has 0 saturated heterocycles. The van der Waals surface area contributed by atoms with Crippen LogP contribution in [0.1, 0.15) is 16.7 Å². The quantitative estimate of drug-likeness (QED) is 0.923. The summed E-state index contributed by atoms with van der Waals surface area (Å²) in [6.07, 6.45) is 1.94. The third kappa shape index (κ3) is 2.83. The molecule has 0 aliphatic heterocycles. The van der Waals surface area contributed by atoms with Crippen molar-refractivity contribution in [2.75, 3.05) is 0 Å². The Morgan fingerprint density at radius 2 is 2.18 bits per heavy atom. The normalized spacial score (nSPS) is 9.88. The summed E-state index contributed by atoms with van der Waals surface area (Å²) in [6, 6.07) is 11.4. The standard InChI is InChI=1S/C13H9BrN2O/c14-12-3-1-2-9(6-12)4-11-5-10(7-15)8-16-13(11)17/h1-3,5-6,8H,4H2,(H,16,17). The predicted octanol–water partition coefficient (Wildman–Crippen LogP) is 2.60. The summed E-state index contributed by atoms with van der Waals surface area (Å²) in [5, 5.41) is 8.78. The Hall–Kier alpha value is -1.86. The Bertz CT molecular complexity index is 640. The highest BCUT2D eigenvalue weighted by molar-refractivity contribution is 9.10. The maximum atomic E-state index is 11.6. The van der Waals surface area contributed by atoms with Crippen molar-refractivity contribution in [3.05, 3.63) is 68.0 Å². The van der Waals surface area contributed by atoms with Crippen LogP contribution in [0.15, 0.2) is 45.8 Å². The first kappa shape index (κ1) is 11.6. The van der Waals surface area contributed by atoms with Crippen molar-refractivity contribution in [1.29, 1.82) is 5.26 Å². The minimum Gasteiger partial charge on any atom is -0.328 e. The van der Waals surface area contributed by atoms with Gasteiger partial charge in [0.25, 0.3) is 5.56 Å². The second-order valence-corrected chi connectivity index (χ2v) is 4.58. The summed E-state index contributed by atoms with van der Waals surface area (Å²) < 4.78 is 0.975. The Labute approximate surface area is 107 Å². The average molecular weight is 289 g/mol. The van der Waals surface area contributed by atoms with Gasteiger partial charge in [0.05, 0.1) is 5.56 Å². The van der Waals surface area contributed by atoms with Gasteiger partial charge in [-0.2, -0.15) is 5.26 Å². The van der Waals surface area contributed by atoms with Gasteiger partial charge in [-0.3, -0.25) is 4.79 Å². The van der Waals surface area contributed by atoms with Crippen LogP contribution in [0.2, 0.25) is 0 Å². The van der Waals surface area contributed by atoms with Gasteiger partial charge in [0, 0.05) is 22.7 Å². The molecule has 0 fully saturated rings. The largest absolute Gasteiger partial charge is 0.328 e. The van der Waals surface area contributed by atoms with E-state index in [0.29, 0.717) is 17.5 Å². The smallest absolute Gasteiger partial charge is 0.251 e. The first-order chi connectivity index (χ1) is 8.19. The predicted molar refractivity (Wildman–Crippen MR) is 68.7 cm³/mol. The molecule has 2 aromatic rings. The number of hydrogen-bond acceptors (Lipinski definition) is 2. The molecule has 1 N–H and O–H groups in total. The van der Waals surface area contributed by atoms with E-state index in [1.165, 1.54) is 6.20 Å². The Morgan fingerprint density at radius 1 is 1.35 bits per heavy atom. The summed E-state index contributed by atoms with van der Waals surface area (Å²) in [6.45, 7) is 0. The molecular weight excluding hydrogens is 280 g/mol. The van der Waals surface area contributed by atoms with Gasteiger partial charge < -0.3 is 4.98 Å². The maximum absolute atomic E-state index is 11.6. The molecule has 17 heavy (non-hydrogen) atoms. The molecule has 4 heteroatoms. The lowest BCUT2D eigenvalue weighted by Crippen LogP contribution is -2.12. The average Bonchev–Trinajstić information content (AvgIpc) is 2.32. The molecule has 0 aliphatic rings. The number of hydrogen-bond donors (Lipinski definition) is 1. The molecule has 84 valence electrons. The number of benzene rings is 1. The van der Waals surface area contributed by atoms with E-state index < -0.39 is 0 Å². The molecule has 0 atom stereocenters. The van der Waals surface area contributed by atoms with Gasteiger partial charge in [0.2, 0.25) is 0 Å². The Balaban J connectivity index is 2.36. The Kier molecular flexibility index (Phi) is 3.40. The van der Waals surface area contributed by atoms with Crippen molar-refractivity contribution in [1.82, 2.24) is 4.98 Å². The molecule has 2 rings (SSSR count). The molecule has 1 aromatic heterocycles. The van der Waals surface area contributed by atoms with E-state index in [1.54, 1.807) is 6.07 Å². The van der Waals surface area contributed by atoms with Crippen LogP contribution in [0.25, 0.3) is 0 Å². The number of halogens is 1. The molecular formula is C13H9BrN2O. The molecule has 0 spiro atoms. The Morgan fingerprint density at radius 3 is 2.88 bits per heavy atom. The molecule has 0 unspecified atom stereocenters. The molecule has 1 aromatic carbocycles. The summed E-state index contributed by atoms with van der Waals surface area (Å²) >= 11 is 3.38. The zero-order chi connectivity index (χ0) is 12.3. The van der Waals surface area contributed by atoms with Crippen molar-refractivity contribution >= 4 is 15.9 Å². The second-order valence-electron chi connectivity index (χ2n) is 3.66. The van der Waals surface area contributed by atoms with Crippen molar-refractivity contribution in [3.8, 4) is 6.07 Å². The van der Waals surface area contributed by atoms with Crippen LogP contribution in [0.4, 0.5) is 0 Å². The van der Waals surface area contributed by atoms with E-state index in [2.05, 4.69) is 20.9 Å². The van der Waals surface area contributed by atoms with Gasteiger partial charge in [0.1, 0.15) is 6.07 Å². The molecule has 1 heterocycles. The highest BCUT2D eigenvalue weighted by Crippen LogP contribution is 2.14. The fraction of sp³-hybridized carbons (Fsp3) is 0.0769. The number of aromatic nitrogens is 1. The van der Waals surface area contributed by atoms with E-state index >= 15 is 0 Å². The van der Waals surface area contributed by atoms with Crippen LogP contribution in [-0.4, -0.2) is 4.98 Å². The van der Waals surface area contributed by atoms with Crippen molar-refractivity contribution in [2.24, 2.45) is 0 Å². The zero-order valence-corrected chi connectivity index (χ0v) is 10.5. The van der Waals surface area contributed by atoms with Crippen LogP contribution in [0, 0.1) is 11.3 Å². The number of pyridine rings is 1. The van der Waals surface area contributed by atoms with Crippen LogP contribution in [0.3, 0.4) is 0 Å². The summed E-state index contributed by atoms with van der Waals surface area (Å²) in [4.78, 5) is 14.2. The monoisotopic (exact) mass is 288 g/mol. The molecule has 0 radical (unpaired) electrons. The molecule has 0 amide bonds. The maximum Gasteiger partial charge on any atom is 0.251 e. The highest BCUT2D eigenvalue weighted by Gasteiger charge is 2.03. The van der Waals surface area contributed by atoms with Gasteiger partial charge in [-0.15, -0.1) is 0 Å². The van der Waals surface area contributed by atoms with Gasteiger partial charge in [-0.1, -0.05) is 28.1 Å². The second kappa shape index (κ2) is 4.98. The van der Waals surface area contributed by atoms with E-state index in [4.69, 9.17) is 5.26 Å². The van der Waals surface area contributed by atoms with Crippen LogP contribution < -0.4 is 5.56 Å². The first-order valence-electron chi connectivity index (χ1n) is 5.05. The van der Waals surface area contributed by atoms with Crippen LogP contribution in [0.5, 0.6) is 0 Å².